The van der Waals surface area contributed by atoms with Gasteiger partial charge in [-0.2, -0.15) is 0 Å². The first-order valence-electron chi connectivity index (χ1n) is 5.27. The Kier molecular flexibility index (Phi) is 5.14. The number of carbonyl (C=O) groups excluding carboxylic acids is 2. The van der Waals surface area contributed by atoms with E-state index in [0.29, 0.717) is 21.6 Å². The summed E-state index contributed by atoms with van der Waals surface area (Å²) in [6.45, 7) is 5.45. The van der Waals surface area contributed by atoms with Crippen molar-refractivity contribution in [1.82, 2.24) is 0 Å². The van der Waals surface area contributed by atoms with Crippen LogP contribution in [0.25, 0.3) is 0 Å². The Hall–Kier alpha value is -0.880. The lowest BCUT2D eigenvalue weighted by Gasteiger charge is -2.04. The lowest BCUT2D eigenvalue weighted by molar-refractivity contribution is -0.114. The van der Waals surface area contributed by atoms with Gasteiger partial charge in [-0.25, -0.2) is 4.79 Å². The molecule has 1 aromatic heterocycles. The molecular weight excluding hydrogens is 306 g/mol. The van der Waals surface area contributed by atoms with Gasteiger partial charge in [0.1, 0.15) is 10.6 Å². The van der Waals surface area contributed by atoms with Gasteiger partial charge in [0.15, 0.2) is 0 Å². The molecule has 1 aromatic rings. The van der Waals surface area contributed by atoms with E-state index in [4.69, 9.17) is 4.74 Å². The third-order valence-corrected chi connectivity index (χ3v) is 4.39. The smallest absolute Gasteiger partial charge is 0.342 e. The Balaban J connectivity index is 3.18. The van der Waals surface area contributed by atoms with Crippen LogP contribution >= 0.6 is 27.3 Å². The maximum Gasteiger partial charge on any atom is 0.342 e. The second-order valence-corrected chi connectivity index (χ2v) is 5.20. The highest BCUT2D eigenvalue weighted by atomic mass is 79.9. The van der Waals surface area contributed by atoms with E-state index in [0.717, 1.165) is 11.3 Å². The van der Waals surface area contributed by atoms with Gasteiger partial charge in [-0.1, -0.05) is 6.92 Å². The number of thiophene rings is 1. The van der Waals surface area contributed by atoms with Gasteiger partial charge in [-0.15, -0.1) is 11.3 Å². The summed E-state index contributed by atoms with van der Waals surface area (Å²) in [6.07, 6.45) is 0.789. The number of nitrogens with one attached hydrogen (secondary N) is 1. The highest BCUT2D eigenvalue weighted by molar-refractivity contribution is 9.10. The fraction of sp³-hybridized carbons (Fsp3) is 0.455. The number of aryl methyl sites for hydroxylation is 1. The SMILES string of the molecule is CCOC(=O)c1c(NC(C)=O)sc(CC)c1Br. The Labute approximate surface area is 112 Å². The summed E-state index contributed by atoms with van der Waals surface area (Å²) in [7, 11) is 0. The summed E-state index contributed by atoms with van der Waals surface area (Å²) >= 11 is 4.77. The van der Waals surface area contributed by atoms with Crippen LogP contribution in [0.1, 0.15) is 36.0 Å². The summed E-state index contributed by atoms with van der Waals surface area (Å²) in [5.74, 6) is -0.619. The zero-order valence-corrected chi connectivity index (χ0v) is 12.3. The van der Waals surface area contributed by atoms with Crippen molar-refractivity contribution in [3.8, 4) is 0 Å². The van der Waals surface area contributed by atoms with Gasteiger partial charge in [0.2, 0.25) is 5.91 Å². The van der Waals surface area contributed by atoms with E-state index in [1.807, 2.05) is 6.92 Å². The molecule has 4 nitrogen and oxygen atoms in total. The van der Waals surface area contributed by atoms with Crippen molar-refractivity contribution in [3.63, 3.8) is 0 Å². The predicted octanol–water partition coefficient (Wildman–Crippen LogP) is 3.21. The first-order chi connectivity index (χ1) is 8.01. The second kappa shape index (κ2) is 6.16. The molecule has 0 aliphatic carbocycles. The average molecular weight is 320 g/mol. The summed E-state index contributed by atoms with van der Waals surface area (Å²) in [5.41, 5.74) is 0.406. The topological polar surface area (TPSA) is 55.4 Å². The van der Waals surface area contributed by atoms with Gasteiger partial charge in [0.25, 0.3) is 0 Å². The van der Waals surface area contributed by atoms with Crippen molar-refractivity contribution in [1.29, 1.82) is 0 Å². The molecule has 0 atom stereocenters. The zero-order valence-electron chi connectivity index (χ0n) is 9.93. The minimum atomic E-state index is -0.418. The third-order valence-electron chi connectivity index (χ3n) is 2.01. The molecule has 0 saturated heterocycles. The molecule has 0 aromatic carbocycles. The van der Waals surface area contributed by atoms with Gasteiger partial charge >= 0.3 is 5.97 Å². The largest absolute Gasteiger partial charge is 0.462 e. The van der Waals surface area contributed by atoms with E-state index in [9.17, 15) is 9.59 Å². The molecule has 0 fully saturated rings. The Morgan fingerprint density at radius 1 is 1.41 bits per heavy atom. The monoisotopic (exact) mass is 319 g/mol. The van der Waals surface area contributed by atoms with Crippen molar-refractivity contribution in [3.05, 3.63) is 14.9 Å². The van der Waals surface area contributed by atoms with Crippen LogP contribution in [-0.2, 0) is 16.0 Å². The van der Waals surface area contributed by atoms with Crippen LogP contribution in [0.5, 0.6) is 0 Å². The first kappa shape index (κ1) is 14.2. The minimum absolute atomic E-state index is 0.202. The molecule has 1 N–H and O–H groups in total. The number of amides is 1. The van der Waals surface area contributed by atoms with E-state index in [1.54, 1.807) is 6.92 Å². The predicted molar refractivity (Wildman–Crippen MR) is 71.7 cm³/mol. The Morgan fingerprint density at radius 3 is 2.53 bits per heavy atom. The number of esters is 1. The highest BCUT2D eigenvalue weighted by Gasteiger charge is 2.23. The first-order valence-corrected chi connectivity index (χ1v) is 6.88. The molecule has 0 aliphatic rings. The average Bonchev–Trinajstić information content (AvgIpc) is 2.54. The maximum absolute atomic E-state index is 11.8. The Bertz CT molecular complexity index is 442. The van der Waals surface area contributed by atoms with Gasteiger partial charge < -0.3 is 10.1 Å². The standard InChI is InChI=1S/C11H14BrNO3S/c1-4-7-9(12)8(11(15)16-5-2)10(17-7)13-6(3)14/h4-5H2,1-3H3,(H,13,14). The van der Waals surface area contributed by atoms with Crippen LogP contribution < -0.4 is 5.32 Å². The Morgan fingerprint density at radius 2 is 2.06 bits per heavy atom. The number of hydrogen-bond acceptors (Lipinski definition) is 4. The maximum atomic E-state index is 11.8. The quantitative estimate of drug-likeness (QED) is 0.867. The molecule has 0 unspecified atom stereocenters. The lowest BCUT2D eigenvalue weighted by Crippen LogP contribution is -2.11. The van der Waals surface area contributed by atoms with Gasteiger partial charge in [0.05, 0.1) is 6.61 Å². The number of halogens is 1. The molecule has 17 heavy (non-hydrogen) atoms. The fourth-order valence-corrected chi connectivity index (χ4v) is 3.40. The molecule has 0 spiro atoms. The highest BCUT2D eigenvalue weighted by Crippen LogP contribution is 2.38. The number of rotatable bonds is 4. The van der Waals surface area contributed by atoms with E-state index < -0.39 is 5.97 Å². The van der Waals surface area contributed by atoms with Crippen LogP contribution in [-0.4, -0.2) is 18.5 Å². The molecule has 0 aliphatic heterocycles. The van der Waals surface area contributed by atoms with E-state index in [1.165, 1.54) is 18.3 Å². The van der Waals surface area contributed by atoms with Gasteiger partial charge in [0, 0.05) is 16.3 Å². The molecule has 0 radical (unpaired) electrons. The van der Waals surface area contributed by atoms with Crippen molar-refractivity contribution < 1.29 is 14.3 Å². The minimum Gasteiger partial charge on any atom is -0.462 e. The summed E-state index contributed by atoms with van der Waals surface area (Å²) in [4.78, 5) is 23.9. The molecular formula is C11H14BrNO3S. The molecule has 1 rings (SSSR count). The third kappa shape index (κ3) is 3.29. The van der Waals surface area contributed by atoms with Crippen molar-refractivity contribution >= 4 is 44.1 Å². The van der Waals surface area contributed by atoms with Gasteiger partial charge in [-0.05, 0) is 29.3 Å². The summed E-state index contributed by atoms with van der Waals surface area (Å²) < 4.78 is 5.69. The molecule has 1 amide bonds. The molecule has 0 bridgehead atoms. The van der Waals surface area contributed by atoms with Crippen LogP contribution in [0.2, 0.25) is 0 Å². The van der Waals surface area contributed by atoms with E-state index >= 15 is 0 Å². The molecule has 94 valence electrons. The number of anilines is 1. The van der Waals surface area contributed by atoms with Gasteiger partial charge in [-0.3, -0.25) is 4.79 Å². The van der Waals surface area contributed by atoms with Crippen molar-refractivity contribution in [2.45, 2.75) is 27.2 Å². The fourth-order valence-electron chi connectivity index (χ4n) is 1.32. The van der Waals surface area contributed by atoms with Crippen LogP contribution in [0.3, 0.4) is 0 Å². The summed E-state index contributed by atoms with van der Waals surface area (Å²) in [6, 6.07) is 0. The van der Waals surface area contributed by atoms with E-state index in [-0.39, 0.29) is 5.91 Å². The normalized spacial score (nSPS) is 10.1. The van der Waals surface area contributed by atoms with Crippen LogP contribution in [0.15, 0.2) is 4.47 Å². The number of hydrogen-bond donors (Lipinski definition) is 1. The molecule has 0 saturated carbocycles. The van der Waals surface area contributed by atoms with E-state index in [2.05, 4.69) is 21.2 Å². The zero-order chi connectivity index (χ0) is 13.0. The second-order valence-electron chi connectivity index (χ2n) is 3.30. The summed E-state index contributed by atoms with van der Waals surface area (Å²) in [5, 5.41) is 3.20. The van der Waals surface area contributed by atoms with Crippen LogP contribution in [0, 0.1) is 0 Å². The lowest BCUT2D eigenvalue weighted by atomic mass is 10.2. The van der Waals surface area contributed by atoms with Crippen molar-refractivity contribution in [2.75, 3.05) is 11.9 Å². The molecule has 1 heterocycles. The van der Waals surface area contributed by atoms with Crippen LogP contribution in [0.4, 0.5) is 5.00 Å². The number of ether oxygens (including phenoxy) is 1. The number of carbonyl (C=O) groups is 2. The van der Waals surface area contributed by atoms with Crippen molar-refractivity contribution in [2.24, 2.45) is 0 Å². The molecule has 6 heteroatoms.